The summed E-state index contributed by atoms with van der Waals surface area (Å²) in [7, 11) is 0. The van der Waals surface area contributed by atoms with E-state index < -0.39 is 0 Å². The van der Waals surface area contributed by atoms with Crippen LogP contribution in [0.25, 0.3) is 10.2 Å². The highest BCUT2D eigenvalue weighted by Crippen LogP contribution is 2.29. The average molecular weight is 396 g/mol. The molecule has 0 saturated carbocycles. The average Bonchev–Trinajstić information content (AvgIpc) is 3.26. The predicted molar refractivity (Wildman–Crippen MR) is 111 cm³/mol. The van der Waals surface area contributed by atoms with Gasteiger partial charge in [-0.2, -0.15) is 5.10 Å². The molecule has 0 amide bonds. The molecule has 0 aliphatic carbocycles. The number of hydrazone groups is 1. The minimum absolute atomic E-state index is 0.0495. The second-order valence-corrected chi connectivity index (χ2v) is 8.26. The lowest BCUT2D eigenvalue weighted by atomic mass is 10.2. The smallest absolute Gasteiger partial charge is 0.158 e. The van der Waals surface area contributed by atoms with E-state index in [1.54, 1.807) is 30.1 Å². The van der Waals surface area contributed by atoms with Crippen molar-refractivity contribution >= 4 is 44.9 Å². The molecule has 27 heavy (non-hydrogen) atoms. The molecule has 4 aromatic heterocycles. The Balaban J connectivity index is 1.55. The number of thiophene rings is 2. The van der Waals surface area contributed by atoms with E-state index in [4.69, 9.17) is 0 Å². The summed E-state index contributed by atoms with van der Waals surface area (Å²) < 4.78 is 0. The van der Waals surface area contributed by atoms with Gasteiger partial charge >= 0.3 is 0 Å². The lowest BCUT2D eigenvalue weighted by Crippen LogP contribution is -1.94. The van der Waals surface area contributed by atoms with Gasteiger partial charge in [0.15, 0.2) is 5.82 Å². The number of aryl methyl sites for hydroxylation is 1. The Bertz CT molecular complexity index is 1090. The zero-order valence-electron chi connectivity index (χ0n) is 14.6. The van der Waals surface area contributed by atoms with E-state index in [1.807, 2.05) is 25.3 Å². The molecule has 0 unspecified atom stereocenters. The molecule has 0 spiro atoms. The Morgan fingerprint density at radius 1 is 1.22 bits per heavy atom. The first-order valence-electron chi connectivity index (χ1n) is 8.34. The van der Waals surface area contributed by atoms with Gasteiger partial charge in [-0.1, -0.05) is 6.07 Å². The number of nitrogens with one attached hydrogen (secondary N) is 1. The minimum atomic E-state index is 0.0495. The number of aliphatic hydroxyl groups excluding tert-OH is 1. The third-order valence-corrected chi connectivity index (χ3v) is 6.20. The number of rotatable bonds is 6. The second kappa shape index (κ2) is 7.91. The van der Waals surface area contributed by atoms with Crippen LogP contribution in [0.2, 0.25) is 0 Å². The van der Waals surface area contributed by atoms with Gasteiger partial charge in [0.25, 0.3) is 0 Å². The van der Waals surface area contributed by atoms with Crippen LogP contribution in [0.15, 0.2) is 48.1 Å². The topological polar surface area (TPSA) is 83.3 Å². The van der Waals surface area contributed by atoms with Crippen LogP contribution in [0.5, 0.6) is 0 Å². The van der Waals surface area contributed by atoms with Crippen LogP contribution in [0.1, 0.15) is 25.8 Å². The van der Waals surface area contributed by atoms with E-state index in [0.29, 0.717) is 5.82 Å². The van der Waals surface area contributed by atoms with Crippen molar-refractivity contribution in [3.05, 3.63) is 68.7 Å². The molecule has 0 aliphatic rings. The quantitative estimate of drug-likeness (QED) is 0.381. The van der Waals surface area contributed by atoms with Crippen molar-refractivity contribution in [3.8, 4) is 0 Å². The maximum absolute atomic E-state index is 9.24. The normalized spacial score (nSPS) is 11.5. The van der Waals surface area contributed by atoms with Crippen LogP contribution in [-0.4, -0.2) is 26.3 Å². The van der Waals surface area contributed by atoms with Crippen LogP contribution in [0.3, 0.4) is 0 Å². The number of pyridine rings is 1. The zero-order valence-corrected chi connectivity index (χ0v) is 16.2. The maximum Gasteiger partial charge on any atom is 0.158 e. The van der Waals surface area contributed by atoms with Gasteiger partial charge in [0.1, 0.15) is 11.2 Å². The van der Waals surface area contributed by atoms with E-state index in [2.05, 4.69) is 37.6 Å². The molecule has 0 fully saturated rings. The monoisotopic (exact) mass is 395 g/mol. The molecule has 4 aromatic rings. The molecule has 136 valence electrons. The Labute approximate surface area is 164 Å². The van der Waals surface area contributed by atoms with Crippen LogP contribution in [-0.2, 0) is 13.0 Å². The molecule has 0 atom stereocenters. The van der Waals surface area contributed by atoms with Crippen LogP contribution in [0.4, 0.5) is 5.82 Å². The summed E-state index contributed by atoms with van der Waals surface area (Å²) in [6.07, 6.45) is 7.78. The lowest BCUT2D eigenvalue weighted by Gasteiger charge is -1.99. The highest BCUT2D eigenvalue weighted by atomic mass is 32.1. The Kier molecular flexibility index (Phi) is 5.19. The third-order valence-electron chi connectivity index (χ3n) is 4.00. The largest absolute Gasteiger partial charge is 0.391 e. The van der Waals surface area contributed by atoms with Gasteiger partial charge in [0.05, 0.1) is 23.1 Å². The van der Waals surface area contributed by atoms with Gasteiger partial charge in [0, 0.05) is 28.6 Å². The van der Waals surface area contributed by atoms with Crippen molar-refractivity contribution in [1.29, 1.82) is 0 Å². The number of fused-ring (bicyclic) bond motifs is 1. The summed E-state index contributed by atoms with van der Waals surface area (Å²) in [5.74, 6) is 0.682. The van der Waals surface area contributed by atoms with Gasteiger partial charge in [-0.15, -0.1) is 22.7 Å². The summed E-state index contributed by atoms with van der Waals surface area (Å²) in [6.45, 7) is 2.05. The number of aliphatic hydroxyl groups is 1. The SMILES string of the molecule is Cc1cc(CO)sc1C=NNc1ncnc2sc(Cc3cccnc3)cc12. The molecule has 4 rings (SSSR count). The van der Waals surface area contributed by atoms with Crippen LogP contribution >= 0.6 is 22.7 Å². The summed E-state index contributed by atoms with van der Waals surface area (Å²) in [6, 6.07) is 8.08. The fourth-order valence-electron chi connectivity index (χ4n) is 2.71. The highest BCUT2D eigenvalue weighted by molar-refractivity contribution is 7.18. The molecule has 6 nitrogen and oxygen atoms in total. The molecule has 2 N–H and O–H groups in total. The first kappa shape index (κ1) is 17.7. The van der Waals surface area contributed by atoms with E-state index >= 15 is 0 Å². The summed E-state index contributed by atoms with van der Waals surface area (Å²) >= 11 is 3.18. The summed E-state index contributed by atoms with van der Waals surface area (Å²) in [5, 5.41) is 14.5. The molecular weight excluding hydrogens is 378 g/mol. The number of aromatic nitrogens is 3. The molecule has 0 aromatic carbocycles. The van der Waals surface area contributed by atoms with Crippen molar-refractivity contribution in [2.45, 2.75) is 20.0 Å². The maximum atomic E-state index is 9.24. The van der Waals surface area contributed by atoms with Gasteiger partial charge < -0.3 is 5.11 Å². The number of anilines is 1. The fraction of sp³-hybridized carbons (Fsp3) is 0.158. The first-order chi connectivity index (χ1) is 13.2. The molecule has 0 saturated heterocycles. The van der Waals surface area contributed by atoms with E-state index in [-0.39, 0.29) is 6.61 Å². The second-order valence-electron chi connectivity index (χ2n) is 5.98. The minimum Gasteiger partial charge on any atom is -0.391 e. The first-order valence-corrected chi connectivity index (χ1v) is 9.98. The Morgan fingerprint density at radius 2 is 2.15 bits per heavy atom. The molecule has 4 heterocycles. The van der Waals surface area contributed by atoms with Crippen molar-refractivity contribution in [1.82, 2.24) is 15.0 Å². The molecular formula is C19H17N5OS2. The number of hydrogen-bond donors (Lipinski definition) is 2. The lowest BCUT2D eigenvalue weighted by molar-refractivity contribution is 0.285. The Hall–Kier alpha value is -2.68. The van der Waals surface area contributed by atoms with Gasteiger partial charge in [-0.25, -0.2) is 9.97 Å². The van der Waals surface area contributed by atoms with E-state index in [1.165, 1.54) is 16.2 Å². The Morgan fingerprint density at radius 3 is 2.93 bits per heavy atom. The molecule has 0 aliphatic heterocycles. The molecule has 8 heteroatoms. The standard InChI is InChI=1S/C19H17N5OS2/c1-12-5-15(10-25)26-17(12)9-23-24-18-16-7-14(27-19(16)22-11-21-18)6-13-3-2-4-20-8-13/h2-5,7-9,11,25H,6,10H2,1H3,(H,21,22,24). The van der Waals surface area contributed by atoms with Crippen LogP contribution < -0.4 is 5.43 Å². The number of nitrogens with zero attached hydrogens (tertiary/aromatic N) is 4. The summed E-state index contributed by atoms with van der Waals surface area (Å²) in [4.78, 5) is 16.9. The van der Waals surface area contributed by atoms with Crippen molar-refractivity contribution in [3.63, 3.8) is 0 Å². The van der Waals surface area contributed by atoms with Gasteiger partial charge in [-0.05, 0) is 36.2 Å². The fourth-order valence-corrected chi connectivity index (χ4v) is 4.64. The number of hydrogen-bond acceptors (Lipinski definition) is 8. The van der Waals surface area contributed by atoms with Crippen LogP contribution in [0, 0.1) is 6.92 Å². The zero-order chi connectivity index (χ0) is 18.6. The van der Waals surface area contributed by atoms with Crippen molar-refractivity contribution < 1.29 is 5.11 Å². The predicted octanol–water partition coefficient (Wildman–Crippen LogP) is 3.99. The van der Waals surface area contributed by atoms with Crippen molar-refractivity contribution in [2.24, 2.45) is 5.10 Å². The van der Waals surface area contributed by atoms with E-state index in [9.17, 15) is 5.11 Å². The highest BCUT2D eigenvalue weighted by Gasteiger charge is 2.09. The van der Waals surface area contributed by atoms with Gasteiger partial charge in [-0.3, -0.25) is 10.4 Å². The van der Waals surface area contributed by atoms with Crippen molar-refractivity contribution in [2.75, 3.05) is 5.43 Å². The molecule has 0 radical (unpaired) electrons. The molecule has 0 bridgehead atoms. The van der Waals surface area contributed by atoms with E-state index in [0.717, 1.165) is 37.5 Å². The van der Waals surface area contributed by atoms with Gasteiger partial charge in [0.2, 0.25) is 0 Å². The summed E-state index contributed by atoms with van der Waals surface area (Å²) in [5.41, 5.74) is 5.28. The third kappa shape index (κ3) is 4.02.